The third-order valence-corrected chi connectivity index (χ3v) is 6.42. The molecule has 2 heterocycles. The molecular formula is C20H27N3S. The molecule has 0 radical (unpaired) electrons. The molecule has 1 aromatic heterocycles. The SMILES string of the molecule is CN1CCCC1=NCCSc1cn(C2CCCC2)c2ccccc12. The van der Waals surface area contributed by atoms with Crippen molar-refractivity contribution in [1.29, 1.82) is 0 Å². The van der Waals surface area contributed by atoms with Crippen molar-refractivity contribution in [3.05, 3.63) is 30.5 Å². The van der Waals surface area contributed by atoms with E-state index in [0.717, 1.165) is 18.7 Å². The van der Waals surface area contributed by atoms with Gasteiger partial charge in [-0.1, -0.05) is 31.0 Å². The van der Waals surface area contributed by atoms with Gasteiger partial charge in [-0.3, -0.25) is 4.99 Å². The molecule has 0 N–H and O–H groups in total. The number of para-hydroxylation sites is 1. The highest BCUT2D eigenvalue weighted by atomic mass is 32.2. The Hall–Kier alpha value is -1.42. The molecule has 0 bridgehead atoms. The minimum Gasteiger partial charge on any atom is -0.363 e. The summed E-state index contributed by atoms with van der Waals surface area (Å²) < 4.78 is 2.54. The zero-order valence-electron chi connectivity index (χ0n) is 14.6. The first-order chi connectivity index (χ1) is 11.8. The molecule has 128 valence electrons. The first-order valence-corrected chi connectivity index (χ1v) is 10.3. The first-order valence-electron chi connectivity index (χ1n) is 9.30. The van der Waals surface area contributed by atoms with Crippen LogP contribution in [0.2, 0.25) is 0 Å². The van der Waals surface area contributed by atoms with Crippen molar-refractivity contribution in [2.45, 2.75) is 49.5 Å². The van der Waals surface area contributed by atoms with Crippen LogP contribution in [0.1, 0.15) is 44.6 Å². The van der Waals surface area contributed by atoms with Gasteiger partial charge in [0.2, 0.25) is 0 Å². The van der Waals surface area contributed by atoms with E-state index in [1.807, 2.05) is 11.8 Å². The molecular weight excluding hydrogens is 314 g/mol. The number of rotatable bonds is 5. The van der Waals surface area contributed by atoms with E-state index < -0.39 is 0 Å². The van der Waals surface area contributed by atoms with Gasteiger partial charge in [0.15, 0.2) is 0 Å². The van der Waals surface area contributed by atoms with Crippen molar-refractivity contribution in [3.8, 4) is 0 Å². The number of aliphatic imine (C=N–C) groups is 1. The third-order valence-electron chi connectivity index (χ3n) is 5.40. The topological polar surface area (TPSA) is 20.5 Å². The Bertz CT molecular complexity index is 728. The van der Waals surface area contributed by atoms with Crippen LogP contribution in [0.4, 0.5) is 0 Å². The van der Waals surface area contributed by atoms with Crippen LogP contribution in [-0.4, -0.2) is 41.2 Å². The molecule has 2 aliphatic rings. The molecule has 0 spiro atoms. The number of fused-ring (bicyclic) bond motifs is 1. The number of benzene rings is 1. The van der Waals surface area contributed by atoms with E-state index >= 15 is 0 Å². The standard InChI is InChI=1S/C20H27N3S/c1-22-13-6-11-20(22)21-12-14-24-19-15-23(16-7-2-3-8-16)18-10-5-4-9-17(18)19/h4-5,9-10,15-16H,2-3,6-8,11-14H2,1H3. The lowest BCUT2D eigenvalue weighted by atomic mass is 10.2. The van der Waals surface area contributed by atoms with E-state index in [9.17, 15) is 0 Å². The van der Waals surface area contributed by atoms with Gasteiger partial charge < -0.3 is 9.47 Å². The van der Waals surface area contributed by atoms with Crippen molar-refractivity contribution in [2.24, 2.45) is 4.99 Å². The molecule has 1 aromatic carbocycles. The summed E-state index contributed by atoms with van der Waals surface area (Å²) in [5.74, 6) is 2.36. The lowest BCUT2D eigenvalue weighted by molar-refractivity contribution is 0.533. The summed E-state index contributed by atoms with van der Waals surface area (Å²) in [7, 11) is 2.16. The van der Waals surface area contributed by atoms with Crippen LogP contribution >= 0.6 is 11.8 Å². The van der Waals surface area contributed by atoms with Gasteiger partial charge in [-0.2, -0.15) is 0 Å². The van der Waals surface area contributed by atoms with Gasteiger partial charge in [-0.15, -0.1) is 11.8 Å². The van der Waals surface area contributed by atoms with Gasteiger partial charge in [0.05, 0.1) is 12.4 Å². The second kappa shape index (κ2) is 7.22. The van der Waals surface area contributed by atoms with Crippen LogP contribution in [0.25, 0.3) is 10.9 Å². The lowest BCUT2D eigenvalue weighted by Crippen LogP contribution is -2.19. The van der Waals surface area contributed by atoms with Gasteiger partial charge in [0, 0.05) is 53.8 Å². The van der Waals surface area contributed by atoms with Crippen molar-refractivity contribution in [2.75, 3.05) is 25.9 Å². The molecule has 2 aromatic rings. The number of thioether (sulfide) groups is 1. The monoisotopic (exact) mass is 341 g/mol. The second-order valence-electron chi connectivity index (χ2n) is 7.03. The number of likely N-dealkylation sites (tertiary alicyclic amines) is 1. The summed E-state index contributed by atoms with van der Waals surface area (Å²) in [5.41, 5.74) is 1.41. The van der Waals surface area contributed by atoms with E-state index in [1.165, 1.54) is 60.3 Å². The minimum atomic E-state index is 0.705. The Labute approximate surface area is 149 Å². The third kappa shape index (κ3) is 3.21. The molecule has 1 saturated heterocycles. The van der Waals surface area contributed by atoms with E-state index in [4.69, 9.17) is 4.99 Å². The number of nitrogens with zero attached hydrogens (tertiary/aromatic N) is 3. The van der Waals surface area contributed by atoms with Gasteiger partial charge in [-0.25, -0.2) is 0 Å². The summed E-state index contributed by atoms with van der Waals surface area (Å²) in [5, 5.41) is 1.42. The first kappa shape index (κ1) is 16.1. The molecule has 0 atom stereocenters. The van der Waals surface area contributed by atoms with Gasteiger partial charge in [-0.05, 0) is 25.3 Å². The van der Waals surface area contributed by atoms with E-state index in [2.05, 4.69) is 47.0 Å². The van der Waals surface area contributed by atoms with Gasteiger partial charge >= 0.3 is 0 Å². The van der Waals surface area contributed by atoms with Crippen LogP contribution < -0.4 is 0 Å². The predicted molar refractivity (Wildman–Crippen MR) is 104 cm³/mol. The fourth-order valence-corrected chi connectivity index (χ4v) is 5.02. The Kier molecular flexibility index (Phi) is 4.83. The molecule has 0 unspecified atom stereocenters. The molecule has 4 rings (SSSR count). The van der Waals surface area contributed by atoms with Crippen molar-refractivity contribution >= 4 is 28.5 Å². The summed E-state index contributed by atoms with van der Waals surface area (Å²) >= 11 is 1.97. The van der Waals surface area contributed by atoms with E-state index in [1.54, 1.807) is 0 Å². The van der Waals surface area contributed by atoms with Gasteiger partial charge in [0.25, 0.3) is 0 Å². The lowest BCUT2D eigenvalue weighted by Gasteiger charge is -2.12. The van der Waals surface area contributed by atoms with Crippen molar-refractivity contribution in [3.63, 3.8) is 0 Å². The molecule has 24 heavy (non-hydrogen) atoms. The second-order valence-corrected chi connectivity index (χ2v) is 8.16. The van der Waals surface area contributed by atoms with Crippen LogP contribution in [0.15, 0.2) is 40.4 Å². The Balaban J connectivity index is 1.47. The molecule has 3 nitrogen and oxygen atoms in total. The Morgan fingerprint density at radius 3 is 2.79 bits per heavy atom. The maximum absolute atomic E-state index is 4.80. The zero-order chi connectivity index (χ0) is 16.4. The summed E-state index contributed by atoms with van der Waals surface area (Å²) in [6, 6.07) is 9.60. The van der Waals surface area contributed by atoms with Crippen LogP contribution in [0.3, 0.4) is 0 Å². The molecule has 1 aliphatic heterocycles. The summed E-state index contributed by atoms with van der Waals surface area (Å²) in [6.45, 7) is 2.09. The molecule has 1 aliphatic carbocycles. The highest BCUT2D eigenvalue weighted by molar-refractivity contribution is 7.99. The number of hydrogen-bond acceptors (Lipinski definition) is 2. The molecule has 0 amide bonds. The smallest absolute Gasteiger partial charge is 0.0987 e. The number of hydrogen-bond donors (Lipinski definition) is 0. The highest BCUT2D eigenvalue weighted by Crippen LogP contribution is 2.37. The minimum absolute atomic E-state index is 0.705. The highest BCUT2D eigenvalue weighted by Gasteiger charge is 2.20. The summed E-state index contributed by atoms with van der Waals surface area (Å²) in [4.78, 5) is 8.53. The molecule has 2 fully saturated rings. The quantitative estimate of drug-likeness (QED) is 0.565. The van der Waals surface area contributed by atoms with Gasteiger partial charge in [0.1, 0.15) is 0 Å². The normalized spacial score (nSPS) is 20.7. The van der Waals surface area contributed by atoms with Crippen LogP contribution in [0, 0.1) is 0 Å². The van der Waals surface area contributed by atoms with E-state index in [0.29, 0.717) is 6.04 Å². The Morgan fingerprint density at radius 1 is 1.17 bits per heavy atom. The summed E-state index contributed by atoms with van der Waals surface area (Å²) in [6.07, 6.45) is 10.3. The molecule has 1 saturated carbocycles. The zero-order valence-corrected chi connectivity index (χ0v) is 15.4. The largest absolute Gasteiger partial charge is 0.363 e. The maximum atomic E-state index is 4.80. The van der Waals surface area contributed by atoms with Crippen molar-refractivity contribution < 1.29 is 0 Å². The van der Waals surface area contributed by atoms with E-state index in [-0.39, 0.29) is 0 Å². The predicted octanol–water partition coefficient (Wildman–Crippen LogP) is 4.97. The molecule has 4 heteroatoms. The average Bonchev–Trinajstić information content (AvgIpc) is 3.32. The van der Waals surface area contributed by atoms with Crippen LogP contribution in [0.5, 0.6) is 0 Å². The number of aromatic nitrogens is 1. The fraction of sp³-hybridized carbons (Fsp3) is 0.550. The fourth-order valence-electron chi connectivity index (χ4n) is 4.10. The maximum Gasteiger partial charge on any atom is 0.0987 e. The number of amidine groups is 1. The average molecular weight is 342 g/mol. The Morgan fingerprint density at radius 2 is 2.00 bits per heavy atom. The van der Waals surface area contributed by atoms with Crippen LogP contribution in [-0.2, 0) is 0 Å². The van der Waals surface area contributed by atoms with Crippen molar-refractivity contribution in [1.82, 2.24) is 9.47 Å².